The molecule has 0 heterocycles. The minimum atomic E-state index is -1.70. The van der Waals surface area contributed by atoms with E-state index in [-0.39, 0.29) is 17.7 Å². The number of aliphatic hydroxyl groups excluding tert-OH is 1. The molecule has 1 aliphatic rings. The Balaban J connectivity index is 2.73. The molecule has 1 aliphatic carbocycles. The molecule has 0 spiro atoms. The molecule has 1 atom stereocenters. The molecule has 3 heteroatoms. The minimum absolute atomic E-state index is 0.152. The van der Waals surface area contributed by atoms with Crippen LogP contribution in [0.5, 0.6) is 0 Å². The Labute approximate surface area is 101 Å². The van der Waals surface area contributed by atoms with Gasteiger partial charge in [0.05, 0.1) is 12.7 Å². The second-order valence-electron chi connectivity index (χ2n) is 6.23. The van der Waals surface area contributed by atoms with E-state index in [9.17, 15) is 5.11 Å². The summed E-state index contributed by atoms with van der Waals surface area (Å²) >= 11 is 0. The van der Waals surface area contributed by atoms with Crippen LogP contribution < -0.4 is 0 Å². The van der Waals surface area contributed by atoms with Crippen molar-refractivity contribution < 1.29 is 9.53 Å². The highest BCUT2D eigenvalue weighted by Crippen LogP contribution is 2.39. The second-order valence-corrected chi connectivity index (χ2v) is 11.0. The van der Waals surface area contributed by atoms with Gasteiger partial charge in [0, 0.05) is 0 Å². The van der Waals surface area contributed by atoms with Crippen LogP contribution in [-0.2, 0) is 4.43 Å². The average molecular weight is 242 g/mol. The number of hydrogen-bond acceptors (Lipinski definition) is 2. The first-order valence-corrected chi connectivity index (χ1v) is 9.16. The Morgan fingerprint density at radius 1 is 1.44 bits per heavy atom. The highest BCUT2D eigenvalue weighted by Gasteiger charge is 2.39. The van der Waals surface area contributed by atoms with Crippen molar-refractivity contribution in [3.05, 3.63) is 11.6 Å². The lowest BCUT2D eigenvalue weighted by atomic mass is 9.97. The standard InChI is InChI=1S/C13H26O2Si/c1-13(2,3)16(4,5)15-12-9-7-6-8-11(12)10-14/h8,12,14H,6-7,9-10H2,1-5H3. The van der Waals surface area contributed by atoms with Crippen molar-refractivity contribution in [2.45, 2.75) is 64.3 Å². The molecule has 0 aromatic carbocycles. The maximum atomic E-state index is 9.33. The Bertz CT molecular complexity index is 264. The van der Waals surface area contributed by atoms with Crippen LogP contribution in [0.15, 0.2) is 11.6 Å². The minimum Gasteiger partial charge on any atom is -0.410 e. The van der Waals surface area contributed by atoms with E-state index in [4.69, 9.17) is 4.43 Å². The SMILES string of the molecule is CC(C)(C)[Si](C)(C)OC1CCCC=C1CO. The molecule has 0 aliphatic heterocycles. The third-order valence-corrected chi connectivity index (χ3v) is 8.40. The van der Waals surface area contributed by atoms with Crippen molar-refractivity contribution in [2.24, 2.45) is 0 Å². The molecule has 0 aromatic heterocycles. The summed E-state index contributed by atoms with van der Waals surface area (Å²) in [5.74, 6) is 0. The quantitative estimate of drug-likeness (QED) is 0.606. The van der Waals surface area contributed by atoms with Gasteiger partial charge in [-0.3, -0.25) is 0 Å². The van der Waals surface area contributed by atoms with Crippen LogP contribution in [0.2, 0.25) is 18.1 Å². The van der Waals surface area contributed by atoms with E-state index in [0.717, 1.165) is 18.4 Å². The Kier molecular flexibility index (Phi) is 4.38. The molecule has 0 fully saturated rings. The molecule has 1 N–H and O–H groups in total. The predicted octanol–water partition coefficient (Wildman–Crippen LogP) is 3.48. The van der Waals surface area contributed by atoms with Crippen molar-refractivity contribution in [1.82, 2.24) is 0 Å². The van der Waals surface area contributed by atoms with Crippen molar-refractivity contribution in [2.75, 3.05) is 6.61 Å². The summed E-state index contributed by atoms with van der Waals surface area (Å²) in [5, 5.41) is 9.57. The Morgan fingerprint density at radius 2 is 2.06 bits per heavy atom. The van der Waals surface area contributed by atoms with E-state index in [1.54, 1.807) is 0 Å². The van der Waals surface area contributed by atoms with Gasteiger partial charge in [0.25, 0.3) is 0 Å². The van der Waals surface area contributed by atoms with Gasteiger partial charge in [0.2, 0.25) is 0 Å². The van der Waals surface area contributed by atoms with Crippen LogP contribution in [0.4, 0.5) is 0 Å². The summed E-state index contributed by atoms with van der Waals surface area (Å²) in [6, 6.07) is 0. The van der Waals surface area contributed by atoms with Gasteiger partial charge in [-0.25, -0.2) is 0 Å². The van der Waals surface area contributed by atoms with Gasteiger partial charge in [-0.15, -0.1) is 0 Å². The molecule has 1 rings (SSSR count). The normalized spacial score (nSPS) is 23.1. The first-order valence-electron chi connectivity index (χ1n) is 6.25. The topological polar surface area (TPSA) is 29.5 Å². The first-order chi connectivity index (χ1) is 7.28. The zero-order valence-corrected chi connectivity index (χ0v) is 12.3. The number of aliphatic hydroxyl groups is 1. The summed E-state index contributed by atoms with van der Waals surface area (Å²) in [6.45, 7) is 11.5. The fourth-order valence-corrected chi connectivity index (χ4v) is 3.08. The lowest BCUT2D eigenvalue weighted by Gasteiger charge is -2.40. The van der Waals surface area contributed by atoms with E-state index in [0.29, 0.717) is 0 Å². The van der Waals surface area contributed by atoms with E-state index in [1.165, 1.54) is 6.42 Å². The highest BCUT2D eigenvalue weighted by molar-refractivity contribution is 6.74. The van der Waals surface area contributed by atoms with Crippen LogP contribution in [0.1, 0.15) is 40.0 Å². The summed E-state index contributed by atoms with van der Waals surface area (Å²) in [6.07, 6.45) is 5.66. The molecule has 0 saturated carbocycles. The van der Waals surface area contributed by atoms with Gasteiger partial charge in [-0.05, 0) is 43.0 Å². The fourth-order valence-electron chi connectivity index (χ4n) is 1.74. The van der Waals surface area contributed by atoms with Crippen LogP contribution in [0.3, 0.4) is 0 Å². The molecular weight excluding hydrogens is 216 g/mol. The van der Waals surface area contributed by atoms with E-state index in [1.807, 2.05) is 0 Å². The van der Waals surface area contributed by atoms with Crippen LogP contribution in [0, 0.1) is 0 Å². The number of allylic oxidation sites excluding steroid dienone is 1. The van der Waals surface area contributed by atoms with Gasteiger partial charge in [-0.2, -0.15) is 0 Å². The number of rotatable bonds is 3. The van der Waals surface area contributed by atoms with E-state index < -0.39 is 8.32 Å². The van der Waals surface area contributed by atoms with E-state index >= 15 is 0 Å². The molecule has 16 heavy (non-hydrogen) atoms. The summed E-state index contributed by atoms with van der Waals surface area (Å²) in [7, 11) is -1.70. The zero-order chi connectivity index (χ0) is 12.4. The Hall–Kier alpha value is -0.123. The highest BCUT2D eigenvalue weighted by atomic mass is 28.4. The third-order valence-electron chi connectivity index (χ3n) is 3.92. The van der Waals surface area contributed by atoms with Crippen molar-refractivity contribution in [3.63, 3.8) is 0 Å². The van der Waals surface area contributed by atoms with E-state index in [2.05, 4.69) is 39.9 Å². The van der Waals surface area contributed by atoms with Crippen LogP contribution in [-0.4, -0.2) is 26.1 Å². The zero-order valence-electron chi connectivity index (χ0n) is 11.3. The van der Waals surface area contributed by atoms with Gasteiger partial charge in [0.15, 0.2) is 8.32 Å². The molecule has 94 valence electrons. The molecule has 0 amide bonds. The number of hydrogen-bond donors (Lipinski definition) is 1. The summed E-state index contributed by atoms with van der Waals surface area (Å²) in [5.41, 5.74) is 1.09. The fraction of sp³-hybridized carbons (Fsp3) is 0.846. The van der Waals surface area contributed by atoms with Gasteiger partial charge < -0.3 is 9.53 Å². The molecule has 0 saturated heterocycles. The third kappa shape index (κ3) is 3.19. The molecule has 0 radical (unpaired) electrons. The van der Waals surface area contributed by atoms with Crippen molar-refractivity contribution in [1.29, 1.82) is 0 Å². The predicted molar refractivity (Wildman–Crippen MR) is 71.1 cm³/mol. The molecule has 2 nitrogen and oxygen atoms in total. The second kappa shape index (κ2) is 5.03. The van der Waals surface area contributed by atoms with Gasteiger partial charge in [0.1, 0.15) is 0 Å². The average Bonchev–Trinajstić information content (AvgIpc) is 2.16. The molecule has 0 aromatic rings. The molecular formula is C13H26O2Si. The summed E-state index contributed by atoms with van der Waals surface area (Å²) < 4.78 is 6.36. The maximum Gasteiger partial charge on any atom is 0.192 e. The first kappa shape index (κ1) is 13.9. The lowest BCUT2D eigenvalue weighted by Crippen LogP contribution is -2.45. The molecule has 1 unspecified atom stereocenters. The van der Waals surface area contributed by atoms with Gasteiger partial charge >= 0.3 is 0 Å². The molecule has 0 bridgehead atoms. The van der Waals surface area contributed by atoms with Crippen molar-refractivity contribution in [3.8, 4) is 0 Å². The summed E-state index contributed by atoms with van der Waals surface area (Å²) in [4.78, 5) is 0. The monoisotopic (exact) mass is 242 g/mol. The van der Waals surface area contributed by atoms with Crippen molar-refractivity contribution >= 4 is 8.32 Å². The Morgan fingerprint density at radius 3 is 2.56 bits per heavy atom. The largest absolute Gasteiger partial charge is 0.410 e. The smallest absolute Gasteiger partial charge is 0.192 e. The lowest BCUT2D eigenvalue weighted by molar-refractivity contribution is 0.174. The van der Waals surface area contributed by atoms with Crippen LogP contribution in [0.25, 0.3) is 0 Å². The maximum absolute atomic E-state index is 9.33. The van der Waals surface area contributed by atoms with Crippen LogP contribution >= 0.6 is 0 Å². The van der Waals surface area contributed by atoms with Gasteiger partial charge in [-0.1, -0.05) is 26.8 Å².